The van der Waals surface area contributed by atoms with Gasteiger partial charge in [-0.3, -0.25) is 0 Å². The first-order valence-corrected chi connectivity index (χ1v) is 27.2. The number of nitrogens with zero attached hydrogens (tertiary/aromatic N) is 4. The summed E-state index contributed by atoms with van der Waals surface area (Å²) in [5, 5.41) is 2.35. The minimum absolute atomic E-state index is 0.176. The molecule has 372 valence electrons. The van der Waals surface area contributed by atoms with Crippen LogP contribution in [0.5, 0.6) is 0 Å². The lowest BCUT2D eigenvalue weighted by Crippen LogP contribution is -2.15. The van der Waals surface area contributed by atoms with Crippen molar-refractivity contribution in [1.82, 2.24) is 4.57 Å². The second-order valence-corrected chi connectivity index (χ2v) is 21.5. The molecule has 1 aliphatic carbocycles. The van der Waals surface area contributed by atoms with Gasteiger partial charge in [0.2, 0.25) is 0 Å². The van der Waals surface area contributed by atoms with E-state index in [1.165, 1.54) is 27.6 Å². The monoisotopic (exact) mass is 1060 g/mol. The molecule has 78 heavy (non-hydrogen) atoms. The minimum atomic E-state index is -0.176. The van der Waals surface area contributed by atoms with E-state index in [-0.39, 0.29) is 5.41 Å². The molecule has 1 aliphatic rings. The molecule has 0 atom stereocenters. The molecular weight excluding hydrogens is 1010 g/mol. The fourth-order valence-electron chi connectivity index (χ4n) is 11.5. The van der Waals surface area contributed by atoms with Gasteiger partial charge in [-0.25, -0.2) is 15.0 Å². The van der Waals surface area contributed by atoms with Gasteiger partial charge in [0.15, 0.2) is 11.7 Å². The number of rotatable bonds is 10. The number of benzene rings is 11. The molecule has 0 unspecified atom stereocenters. The van der Waals surface area contributed by atoms with Crippen molar-refractivity contribution in [2.75, 3.05) is 0 Å². The molecule has 0 fully saturated rings. The number of aromatic nitrogens is 1. The molecule has 1 heterocycles. The van der Waals surface area contributed by atoms with E-state index in [0.717, 1.165) is 98.8 Å². The van der Waals surface area contributed by atoms with Crippen molar-refractivity contribution in [2.45, 2.75) is 25.9 Å². The molecule has 0 aliphatic heterocycles. The van der Waals surface area contributed by atoms with Gasteiger partial charge in [0.05, 0.1) is 11.0 Å². The predicted octanol–water partition coefficient (Wildman–Crippen LogP) is 19.4. The Balaban J connectivity index is 0.975. The number of hydrogen-bond donors (Lipinski definition) is 0. The maximum Gasteiger partial charge on any atom is 0.161 e. The first-order chi connectivity index (χ1) is 38.2. The molecule has 0 spiro atoms. The standard InChI is InChI=1S/C73H53BrN4/c1-73(2)67-33-17-16-32-63(67)64-45-66-65-44-62(74)34-35-69(65)78(70(66)46-68(64)73)47-76-72(55-31-19-29-53(37-55)61-42-58(50-24-12-6-13-25-50)39-59(43-61)51-26-14-7-15-27-51)77-71(75-3)54-30-18-28-52(36-54)60-40-56(48-20-8-4-9-21-48)38-57(41-60)49-22-10-5-11-23-49/h4-46H,3,47H2,1-2H3. The fourth-order valence-corrected chi connectivity index (χ4v) is 11.9. The molecule has 5 heteroatoms. The van der Waals surface area contributed by atoms with E-state index in [4.69, 9.17) is 15.0 Å². The van der Waals surface area contributed by atoms with Crippen LogP contribution < -0.4 is 0 Å². The van der Waals surface area contributed by atoms with Crippen molar-refractivity contribution in [3.63, 3.8) is 0 Å². The Bertz CT molecular complexity index is 4210. The third-order valence-electron chi connectivity index (χ3n) is 15.5. The Morgan fingerprint density at radius 3 is 1.32 bits per heavy atom. The van der Waals surface area contributed by atoms with Crippen LogP contribution in [0.1, 0.15) is 36.1 Å². The molecule has 1 aromatic heterocycles. The van der Waals surface area contributed by atoms with Crippen LogP contribution in [0.2, 0.25) is 0 Å². The van der Waals surface area contributed by atoms with Gasteiger partial charge in [-0.05, 0) is 175 Å². The van der Waals surface area contributed by atoms with E-state index < -0.39 is 0 Å². The maximum absolute atomic E-state index is 5.57. The Morgan fingerprint density at radius 1 is 0.385 bits per heavy atom. The largest absolute Gasteiger partial charge is 0.320 e. The van der Waals surface area contributed by atoms with E-state index in [2.05, 4.69) is 302 Å². The Kier molecular flexibility index (Phi) is 12.6. The second kappa shape index (κ2) is 20.3. The van der Waals surface area contributed by atoms with Crippen LogP contribution in [0.15, 0.2) is 280 Å². The van der Waals surface area contributed by atoms with Crippen molar-refractivity contribution in [3.05, 3.63) is 288 Å². The van der Waals surface area contributed by atoms with Crippen molar-refractivity contribution in [1.29, 1.82) is 0 Å². The van der Waals surface area contributed by atoms with Gasteiger partial charge in [0.1, 0.15) is 6.67 Å². The molecule has 0 radical (unpaired) electrons. The highest BCUT2D eigenvalue weighted by molar-refractivity contribution is 9.10. The summed E-state index contributed by atoms with van der Waals surface area (Å²) in [5.41, 5.74) is 22.4. The Labute approximate surface area is 464 Å². The second-order valence-electron chi connectivity index (χ2n) is 20.6. The van der Waals surface area contributed by atoms with E-state index in [1.54, 1.807) is 0 Å². The molecule has 11 aromatic carbocycles. The first kappa shape index (κ1) is 48.4. The van der Waals surface area contributed by atoms with E-state index in [9.17, 15) is 0 Å². The van der Waals surface area contributed by atoms with Crippen LogP contribution in [0, 0.1) is 0 Å². The highest BCUT2D eigenvalue weighted by Crippen LogP contribution is 2.51. The number of hydrogen-bond acceptors (Lipinski definition) is 1. The summed E-state index contributed by atoms with van der Waals surface area (Å²) in [6.07, 6.45) is 0. The molecule has 13 rings (SSSR count). The van der Waals surface area contributed by atoms with Crippen LogP contribution >= 0.6 is 15.9 Å². The van der Waals surface area contributed by atoms with Crippen molar-refractivity contribution in [3.8, 4) is 77.9 Å². The normalized spacial score (nSPS) is 12.9. The zero-order chi connectivity index (χ0) is 52.7. The third-order valence-corrected chi connectivity index (χ3v) is 15.9. The van der Waals surface area contributed by atoms with Gasteiger partial charge in [0.25, 0.3) is 0 Å². The molecule has 0 N–H and O–H groups in total. The number of aliphatic imine (C=N–C) groups is 3. The minimum Gasteiger partial charge on any atom is -0.320 e. The van der Waals surface area contributed by atoms with Gasteiger partial charge < -0.3 is 4.57 Å². The van der Waals surface area contributed by atoms with Gasteiger partial charge in [-0.1, -0.05) is 212 Å². The van der Waals surface area contributed by atoms with Crippen LogP contribution in [-0.4, -0.2) is 23.0 Å². The van der Waals surface area contributed by atoms with Gasteiger partial charge in [0, 0.05) is 31.8 Å². The smallest absolute Gasteiger partial charge is 0.161 e. The van der Waals surface area contributed by atoms with Gasteiger partial charge >= 0.3 is 0 Å². The molecule has 0 saturated carbocycles. The van der Waals surface area contributed by atoms with E-state index in [1.807, 2.05) is 0 Å². The van der Waals surface area contributed by atoms with E-state index in [0.29, 0.717) is 18.3 Å². The zero-order valence-electron chi connectivity index (χ0n) is 43.4. The molecule has 0 saturated heterocycles. The van der Waals surface area contributed by atoms with Gasteiger partial charge in [-0.2, -0.15) is 0 Å². The predicted molar refractivity (Wildman–Crippen MR) is 333 cm³/mol. The summed E-state index contributed by atoms with van der Waals surface area (Å²) in [5.74, 6) is 1.02. The van der Waals surface area contributed by atoms with Crippen LogP contribution in [-0.2, 0) is 12.1 Å². The first-order valence-electron chi connectivity index (χ1n) is 26.4. The highest BCUT2D eigenvalue weighted by atomic mass is 79.9. The quantitative estimate of drug-likeness (QED) is 0.0968. The van der Waals surface area contributed by atoms with Crippen molar-refractivity contribution in [2.24, 2.45) is 15.0 Å². The molecule has 0 bridgehead atoms. The Hall–Kier alpha value is -9.29. The molecular formula is C73H53BrN4. The molecule has 0 amide bonds. The number of halogens is 1. The fraction of sp³-hybridized carbons (Fsp3) is 0.0548. The maximum atomic E-state index is 5.57. The average molecular weight is 1070 g/mol. The summed E-state index contributed by atoms with van der Waals surface area (Å²) in [6.45, 7) is 9.13. The molecule has 4 nitrogen and oxygen atoms in total. The number of fused-ring (bicyclic) bond motifs is 6. The summed E-state index contributed by atoms with van der Waals surface area (Å²) >= 11 is 3.82. The lowest BCUT2D eigenvalue weighted by molar-refractivity contribution is 0.660. The summed E-state index contributed by atoms with van der Waals surface area (Å²) in [6, 6.07) is 93.3. The van der Waals surface area contributed by atoms with Gasteiger partial charge in [-0.15, -0.1) is 0 Å². The Morgan fingerprint density at radius 2 is 0.821 bits per heavy atom. The molecule has 12 aromatic rings. The lowest BCUT2D eigenvalue weighted by Gasteiger charge is -2.21. The van der Waals surface area contributed by atoms with Crippen LogP contribution in [0.4, 0.5) is 0 Å². The summed E-state index contributed by atoms with van der Waals surface area (Å²) in [4.78, 5) is 15.7. The summed E-state index contributed by atoms with van der Waals surface area (Å²) in [7, 11) is 0. The third kappa shape index (κ3) is 9.12. The van der Waals surface area contributed by atoms with Crippen molar-refractivity contribution >= 4 is 56.1 Å². The van der Waals surface area contributed by atoms with Crippen molar-refractivity contribution < 1.29 is 0 Å². The van der Waals surface area contributed by atoms with E-state index >= 15 is 0 Å². The highest BCUT2D eigenvalue weighted by Gasteiger charge is 2.36. The SMILES string of the molecule is C=NC(=NC(=NCn1c2ccc(Br)cc2c2cc3c(cc21)C(C)(C)c1ccccc1-3)c1cccc(-c2cc(-c3ccccc3)cc(-c3ccccc3)c2)c1)c1cccc(-c2cc(-c3ccccc3)cc(-c3ccccc3)c2)c1. The average Bonchev–Trinajstić information content (AvgIpc) is 4.16. The zero-order valence-corrected chi connectivity index (χ0v) is 45.0. The van der Waals surface area contributed by atoms with Crippen LogP contribution in [0.3, 0.4) is 0 Å². The topological polar surface area (TPSA) is 42.0 Å². The lowest BCUT2D eigenvalue weighted by atomic mass is 9.82. The number of amidine groups is 2. The van der Waals surface area contributed by atoms with Crippen LogP contribution in [0.25, 0.3) is 99.7 Å². The summed E-state index contributed by atoms with van der Waals surface area (Å²) < 4.78 is 3.37.